The number of benzene rings is 1. The van der Waals surface area contributed by atoms with Gasteiger partial charge >= 0.3 is 0 Å². The minimum Gasteiger partial charge on any atom is -0.360 e. The Morgan fingerprint density at radius 1 is 1.38 bits per heavy atom. The Kier molecular flexibility index (Phi) is 2.62. The topological polar surface area (TPSA) is 27.8 Å². The van der Waals surface area contributed by atoms with Crippen LogP contribution < -0.4 is 5.32 Å². The number of H-pyrrole nitrogens is 1. The molecule has 1 fully saturated rings. The zero-order valence-corrected chi connectivity index (χ0v) is 9.85. The summed E-state index contributed by atoms with van der Waals surface area (Å²) in [6.07, 6.45) is 6.08. The lowest BCUT2D eigenvalue weighted by atomic mass is 9.93. The standard InChI is InChI=1S/C13H15ClN2/c14-12-6-2-5-11-9(8-16-13(11)12)7-15-10-3-1-4-10/h2,5-6,8,10,15-16H,1,3-4,7H2. The number of hydrogen-bond acceptors (Lipinski definition) is 1. The van der Waals surface area contributed by atoms with Crippen molar-refractivity contribution in [1.29, 1.82) is 0 Å². The molecule has 0 aliphatic heterocycles. The molecule has 2 aromatic rings. The van der Waals surface area contributed by atoms with Crippen LogP contribution in [0.3, 0.4) is 0 Å². The van der Waals surface area contributed by atoms with Crippen molar-refractivity contribution in [2.45, 2.75) is 31.8 Å². The first-order valence-corrected chi connectivity index (χ1v) is 6.20. The molecule has 0 spiro atoms. The molecule has 0 atom stereocenters. The van der Waals surface area contributed by atoms with Crippen molar-refractivity contribution in [1.82, 2.24) is 10.3 Å². The Balaban J connectivity index is 1.83. The molecule has 3 rings (SSSR count). The number of para-hydroxylation sites is 1. The van der Waals surface area contributed by atoms with Crippen LogP contribution in [-0.2, 0) is 6.54 Å². The first-order chi connectivity index (χ1) is 7.84. The summed E-state index contributed by atoms with van der Waals surface area (Å²) in [6, 6.07) is 6.77. The first kappa shape index (κ1) is 10.2. The maximum Gasteiger partial charge on any atom is 0.0647 e. The molecular formula is C13H15ClN2. The third-order valence-electron chi connectivity index (χ3n) is 3.44. The molecule has 2 N–H and O–H groups in total. The molecule has 0 radical (unpaired) electrons. The van der Waals surface area contributed by atoms with Crippen LogP contribution in [0.5, 0.6) is 0 Å². The van der Waals surface area contributed by atoms with Crippen molar-refractivity contribution in [2.24, 2.45) is 0 Å². The van der Waals surface area contributed by atoms with E-state index >= 15 is 0 Å². The fraction of sp³-hybridized carbons (Fsp3) is 0.385. The van der Waals surface area contributed by atoms with E-state index in [1.54, 1.807) is 0 Å². The Labute approximate surface area is 100.0 Å². The third kappa shape index (κ3) is 1.72. The van der Waals surface area contributed by atoms with Crippen LogP contribution in [0, 0.1) is 0 Å². The van der Waals surface area contributed by atoms with Gasteiger partial charge in [0.1, 0.15) is 0 Å². The van der Waals surface area contributed by atoms with Gasteiger partial charge in [-0.2, -0.15) is 0 Å². The Morgan fingerprint density at radius 2 is 2.25 bits per heavy atom. The zero-order valence-electron chi connectivity index (χ0n) is 9.09. The van der Waals surface area contributed by atoms with Gasteiger partial charge in [0.25, 0.3) is 0 Å². The van der Waals surface area contributed by atoms with Gasteiger partial charge in [0.2, 0.25) is 0 Å². The van der Waals surface area contributed by atoms with Gasteiger partial charge in [-0.3, -0.25) is 0 Å². The van der Waals surface area contributed by atoms with Gasteiger partial charge in [-0.25, -0.2) is 0 Å². The van der Waals surface area contributed by atoms with Gasteiger partial charge in [0.15, 0.2) is 0 Å². The van der Waals surface area contributed by atoms with Crippen LogP contribution in [0.2, 0.25) is 5.02 Å². The fourth-order valence-corrected chi connectivity index (χ4v) is 2.42. The van der Waals surface area contributed by atoms with E-state index in [9.17, 15) is 0 Å². The second-order valence-electron chi connectivity index (χ2n) is 4.49. The maximum absolute atomic E-state index is 6.12. The highest BCUT2D eigenvalue weighted by Gasteiger charge is 2.16. The largest absolute Gasteiger partial charge is 0.360 e. The van der Waals surface area contributed by atoms with Crippen molar-refractivity contribution in [3.63, 3.8) is 0 Å². The summed E-state index contributed by atoms with van der Waals surface area (Å²) in [7, 11) is 0. The van der Waals surface area contributed by atoms with Crippen molar-refractivity contribution in [3.8, 4) is 0 Å². The summed E-state index contributed by atoms with van der Waals surface area (Å²) in [4.78, 5) is 3.24. The first-order valence-electron chi connectivity index (χ1n) is 5.82. The second kappa shape index (κ2) is 4.11. The van der Waals surface area contributed by atoms with E-state index in [1.165, 1.54) is 30.2 Å². The molecule has 3 heteroatoms. The van der Waals surface area contributed by atoms with Crippen molar-refractivity contribution in [2.75, 3.05) is 0 Å². The summed E-state index contributed by atoms with van der Waals surface area (Å²) in [6.45, 7) is 0.936. The summed E-state index contributed by atoms with van der Waals surface area (Å²) < 4.78 is 0. The number of aromatic amines is 1. The minimum absolute atomic E-state index is 0.726. The van der Waals surface area contributed by atoms with Gasteiger partial charge in [-0.1, -0.05) is 30.2 Å². The molecule has 16 heavy (non-hydrogen) atoms. The zero-order chi connectivity index (χ0) is 11.0. The van der Waals surface area contributed by atoms with E-state index < -0.39 is 0 Å². The SMILES string of the molecule is Clc1cccc2c(CNC3CCC3)c[nH]c12. The van der Waals surface area contributed by atoms with Gasteiger partial charge in [-0.15, -0.1) is 0 Å². The minimum atomic E-state index is 0.726. The molecule has 84 valence electrons. The Morgan fingerprint density at radius 3 is 3.00 bits per heavy atom. The predicted molar refractivity (Wildman–Crippen MR) is 67.8 cm³/mol. The molecular weight excluding hydrogens is 220 g/mol. The number of fused-ring (bicyclic) bond motifs is 1. The average Bonchev–Trinajstić information content (AvgIpc) is 2.61. The summed E-state index contributed by atoms with van der Waals surface area (Å²) >= 11 is 6.12. The van der Waals surface area contributed by atoms with Crippen LogP contribution >= 0.6 is 11.6 Å². The van der Waals surface area contributed by atoms with E-state index in [2.05, 4.69) is 22.6 Å². The molecule has 1 heterocycles. The quantitative estimate of drug-likeness (QED) is 0.837. The van der Waals surface area contributed by atoms with Crippen LogP contribution in [0.15, 0.2) is 24.4 Å². The Bertz CT molecular complexity index is 500. The molecule has 0 amide bonds. The molecule has 1 aliphatic carbocycles. The van der Waals surface area contributed by atoms with Crippen molar-refractivity contribution >= 4 is 22.5 Å². The van der Waals surface area contributed by atoms with Crippen molar-refractivity contribution < 1.29 is 0 Å². The summed E-state index contributed by atoms with van der Waals surface area (Å²) in [5, 5.41) is 5.60. The smallest absolute Gasteiger partial charge is 0.0647 e. The number of nitrogens with one attached hydrogen (secondary N) is 2. The Hall–Kier alpha value is -0.990. The van der Waals surface area contributed by atoms with Gasteiger partial charge in [0.05, 0.1) is 10.5 Å². The third-order valence-corrected chi connectivity index (χ3v) is 3.75. The van der Waals surface area contributed by atoms with Crippen LogP contribution in [0.4, 0.5) is 0 Å². The highest BCUT2D eigenvalue weighted by molar-refractivity contribution is 6.35. The molecule has 0 bridgehead atoms. The monoisotopic (exact) mass is 234 g/mol. The summed E-state index contributed by atoms with van der Waals surface area (Å²) in [5.74, 6) is 0. The highest BCUT2D eigenvalue weighted by Crippen LogP contribution is 2.26. The lowest BCUT2D eigenvalue weighted by Crippen LogP contribution is -2.34. The molecule has 0 unspecified atom stereocenters. The molecule has 1 aromatic heterocycles. The number of aromatic nitrogens is 1. The highest BCUT2D eigenvalue weighted by atomic mass is 35.5. The second-order valence-corrected chi connectivity index (χ2v) is 4.89. The molecule has 1 saturated carbocycles. The van der Waals surface area contributed by atoms with Gasteiger partial charge in [-0.05, 0) is 24.5 Å². The van der Waals surface area contributed by atoms with E-state index in [4.69, 9.17) is 11.6 Å². The summed E-state index contributed by atoms with van der Waals surface area (Å²) in [5.41, 5.74) is 2.36. The van der Waals surface area contributed by atoms with Gasteiger partial charge < -0.3 is 10.3 Å². The van der Waals surface area contributed by atoms with E-state index in [1.807, 2.05) is 12.1 Å². The maximum atomic E-state index is 6.12. The predicted octanol–water partition coefficient (Wildman–Crippen LogP) is 3.46. The van der Waals surface area contributed by atoms with Crippen LogP contribution in [0.1, 0.15) is 24.8 Å². The molecule has 1 aliphatic rings. The van der Waals surface area contributed by atoms with Crippen LogP contribution in [-0.4, -0.2) is 11.0 Å². The van der Waals surface area contributed by atoms with E-state index in [-0.39, 0.29) is 0 Å². The molecule has 1 aromatic carbocycles. The van der Waals surface area contributed by atoms with Crippen molar-refractivity contribution in [3.05, 3.63) is 35.0 Å². The van der Waals surface area contributed by atoms with E-state index in [0.717, 1.165) is 23.1 Å². The normalized spacial score (nSPS) is 16.6. The number of halogens is 1. The fourth-order valence-electron chi connectivity index (χ4n) is 2.19. The number of hydrogen-bond donors (Lipinski definition) is 2. The lowest BCUT2D eigenvalue weighted by molar-refractivity contribution is 0.338. The molecule has 0 saturated heterocycles. The van der Waals surface area contributed by atoms with E-state index in [0.29, 0.717) is 0 Å². The number of rotatable bonds is 3. The molecule has 2 nitrogen and oxygen atoms in total. The van der Waals surface area contributed by atoms with Gasteiger partial charge in [0, 0.05) is 24.2 Å². The lowest BCUT2D eigenvalue weighted by Gasteiger charge is -2.26. The van der Waals surface area contributed by atoms with Crippen LogP contribution in [0.25, 0.3) is 10.9 Å². The average molecular weight is 235 g/mol.